The Morgan fingerprint density at radius 2 is 1.48 bits per heavy atom. The molecule has 1 rings (SSSR count). The van der Waals surface area contributed by atoms with Crippen molar-refractivity contribution in [3.63, 3.8) is 0 Å². The molecule has 2 atom stereocenters. The van der Waals surface area contributed by atoms with Gasteiger partial charge in [0.1, 0.15) is 0 Å². The van der Waals surface area contributed by atoms with E-state index in [9.17, 15) is 4.39 Å². The van der Waals surface area contributed by atoms with Crippen LogP contribution >= 0.6 is 8.86 Å². The summed E-state index contributed by atoms with van der Waals surface area (Å²) in [5.41, 5.74) is 1.45. The number of hydrogen-bond acceptors (Lipinski definition) is 0. The second-order valence-corrected chi connectivity index (χ2v) is 6.35. The average Bonchev–Trinajstić information content (AvgIpc) is 2.51. The van der Waals surface area contributed by atoms with Gasteiger partial charge in [-0.05, 0) is 43.1 Å². The number of hydrogen-bond donors (Lipinski definition) is 0. The van der Waals surface area contributed by atoms with Gasteiger partial charge in [0.25, 0.3) is 0 Å². The van der Waals surface area contributed by atoms with Gasteiger partial charge in [0, 0.05) is 0 Å². The van der Waals surface area contributed by atoms with Crippen molar-refractivity contribution >= 4 is 14.2 Å². The van der Waals surface area contributed by atoms with E-state index in [0.29, 0.717) is 19.0 Å². The quantitative estimate of drug-likeness (QED) is 0.507. The molecular formula is C19H34FP. The fourth-order valence-corrected chi connectivity index (χ4v) is 2.60. The molecule has 122 valence electrons. The molecule has 0 aliphatic carbocycles. The fourth-order valence-electron chi connectivity index (χ4n) is 2.36. The lowest BCUT2D eigenvalue weighted by Gasteiger charge is -2.23. The van der Waals surface area contributed by atoms with Gasteiger partial charge in [0.15, 0.2) is 0 Å². The third kappa shape index (κ3) is 10.7. The molecular weight excluding hydrogens is 278 g/mol. The Balaban J connectivity index is 0. The second-order valence-electron chi connectivity index (χ2n) is 5.56. The van der Waals surface area contributed by atoms with Crippen LogP contribution in [0.5, 0.6) is 0 Å². The standard InChI is InChI=1S/C16H25P.C2H6.CH3F/c1-12(2)10-16(14(4)17)11-13(3)15-8-6-5-7-9-15;2*1-2/h5-9,12-13,16-17H,10-11H2,1-4H3;1-2H3;1H3. The van der Waals surface area contributed by atoms with Crippen molar-refractivity contribution < 1.29 is 4.39 Å². The molecule has 2 heteroatoms. The molecule has 21 heavy (non-hydrogen) atoms. The van der Waals surface area contributed by atoms with Gasteiger partial charge >= 0.3 is 0 Å². The lowest BCUT2D eigenvalue weighted by atomic mass is 9.84. The maximum Gasteiger partial charge on any atom is 0.0785 e. The highest BCUT2D eigenvalue weighted by atomic mass is 31.0. The maximum atomic E-state index is 9.50. The first-order valence-electron chi connectivity index (χ1n) is 7.98. The van der Waals surface area contributed by atoms with Crippen molar-refractivity contribution in [1.82, 2.24) is 0 Å². The highest BCUT2D eigenvalue weighted by molar-refractivity contribution is 7.21. The molecule has 0 nitrogen and oxygen atoms in total. The fraction of sp³-hybridized carbons (Fsp3) is 0.632. The monoisotopic (exact) mass is 312 g/mol. The van der Waals surface area contributed by atoms with Crippen LogP contribution in [0.3, 0.4) is 0 Å². The Bertz CT molecular complexity index is 346. The Kier molecular flexibility index (Phi) is 15.4. The lowest BCUT2D eigenvalue weighted by Crippen LogP contribution is -2.14. The molecule has 0 amide bonds. The summed E-state index contributed by atoms with van der Waals surface area (Å²) in [7, 11) is 4.24. The van der Waals surface area contributed by atoms with Gasteiger partial charge in [-0.1, -0.05) is 70.2 Å². The summed E-state index contributed by atoms with van der Waals surface area (Å²) in [6, 6.07) is 10.8. The van der Waals surface area contributed by atoms with E-state index < -0.39 is 0 Å². The zero-order valence-corrected chi connectivity index (χ0v) is 15.9. The van der Waals surface area contributed by atoms with Crippen molar-refractivity contribution in [1.29, 1.82) is 0 Å². The molecule has 0 saturated heterocycles. The molecule has 1 aromatic carbocycles. The van der Waals surface area contributed by atoms with E-state index in [1.54, 1.807) is 0 Å². The largest absolute Gasteiger partial charge is 0.255 e. The highest BCUT2D eigenvalue weighted by Crippen LogP contribution is 2.28. The van der Waals surface area contributed by atoms with Crippen molar-refractivity contribution in [2.75, 3.05) is 7.18 Å². The number of alkyl halides is 1. The van der Waals surface area contributed by atoms with E-state index in [0.717, 1.165) is 5.92 Å². The molecule has 0 fully saturated rings. The van der Waals surface area contributed by atoms with Gasteiger partial charge in [-0.2, -0.15) is 0 Å². The SMILES string of the molecule is CC.CC(=P)C(CC(C)C)CC(C)c1ccccc1.CF. The van der Waals surface area contributed by atoms with Crippen molar-refractivity contribution in [2.45, 2.75) is 60.3 Å². The van der Waals surface area contributed by atoms with Gasteiger partial charge in [-0.25, -0.2) is 0 Å². The van der Waals surface area contributed by atoms with Crippen LogP contribution in [0.4, 0.5) is 4.39 Å². The maximum absolute atomic E-state index is 9.50. The van der Waals surface area contributed by atoms with E-state index >= 15 is 0 Å². The van der Waals surface area contributed by atoms with Crippen LogP contribution in [0.25, 0.3) is 0 Å². The number of rotatable bonds is 6. The Morgan fingerprint density at radius 1 is 1.00 bits per heavy atom. The van der Waals surface area contributed by atoms with Crippen LogP contribution < -0.4 is 0 Å². The van der Waals surface area contributed by atoms with Crippen molar-refractivity contribution in [3.8, 4) is 0 Å². The molecule has 1 aromatic rings. The third-order valence-corrected chi connectivity index (χ3v) is 3.78. The topological polar surface area (TPSA) is 0 Å². The molecule has 0 heterocycles. The summed E-state index contributed by atoms with van der Waals surface area (Å²) in [6.07, 6.45) is 2.50. The molecule has 0 aliphatic heterocycles. The zero-order valence-electron chi connectivity index (χ0n) is 14.9. The van der Waals surface area contributed by atoms with Gasteiger partial charge in [0.05, 0.1) is 7.18 Å². The minimum Gasteiger partial charge on any atom is -0.255 e. The molecule has 0 aliphatic rings. The summed E-state index contributed by atoms with van der Waals surface area (Å²) >= 11 is 0. The average molecular weight is 312 g/mol. The molecule has 0 N–H and O–H groups in total. The normalized spacial score (nSPS) is 12.4. The van der Waals surface area contributed by atoms with E-state index in [-0.39, 0.29) is 0 Å². The van der Waals surface area contributed by atoms with Crippen LogP contribution in [0.15, 0.2) is 30.3 Å². The van der Waals surface area contributed by atoms with Crippen LogP contribution in [-0.4, -0.2) is 12.5 Å². The minimum absolute atomic E-state index is 0.500. The van der Waals surface area contributed by atoms with Crippen molar-refractivity contribution in [2.24, 2.45) is 11.8 Å². The van der Waals surface area contributed by atoms with E-state index in [2.05, 4.69) is 66.9 Å². The summed E-state index contributed by atoms with van der Waals surface area (Å²) in [5, 5.41) is 1.39. The zero-order chi connectivity index (χ0) is 16.8. The Labute approximate surface area is 134 Å². The van der Waals surface area contributed by atoms with Gasteiger partial charge in [-0.3, -0.25) is 4.39 Å². The second kappa shape index (κ2) is 14.3. The van der Waals surface area contributed by atoms with E-state index in [4.69, 9.17) is 0 Å². The van der Waals surface area contributed by atoms with Gasteiger partial charge in [0.2, 0.25) is 0 Å². The predicted molar refractivity (Wildman–Crippen MR) is 99.8 cm³/mol. The van der Waals surface area contributed by atoms with E-state index in [1.165, 1.54) is 23.7 Å². The molecule has 0 aromatic heterocycles. The summed E-state index contributed by atoms with van der Waals surface area (Å²) in [5.74, 6) is 2.07. The highest BCUT2D eigenvalue weighted by Gasteiger charge is 2.16. The van der Waals surface area contributed by atoms with Crippen LogP contribution in [0.1, 0.15) is 65.9 Å². The molecule has 0 radical (unpaired) electrons. The summed E-state index contributed by atoms with van der Waals surface area (Å²) in [6.45, 7) is 13.1. The lowest BCUT2D eigenvalue weighted by molar-refractivity contribution is 0.450. The molecule has 2 unspecified atom stereocenters. The Hall–Kier alpha value is -0.680. The van der Waals surface area contributed by atoms with Crippen LogP contribution in [0.2, 0.25) is 0 Å². The number of halogens is 1. The third-order valence-electron chi connectivity index (χ3n) is 3.37. The van der Waals surface area contributed by atoms with Crippen molar-refractivity contribution in [3.05, 3.63) is 35.9 Å². The first-order valence-corrected chi connectivity index (χ1v) is 8.48. The minimum atomic E-state index is 0.500. The van der Waals surface area contributed by atoms with Crippen LogP contribution in [0, 0.1) is 11.8 Å². The predicted octanol–water partition coefficient (Wildman–Crippen LogP) is 6.79. The first-order chi connectivity index (χ1) is 10.0. The number of benzene rings is 1. The van der Waals surface area contributed by atoms with Gasteiger partial charge < -0.3 is 0 Å². The van der Waals surface area contributed by atoms with Crippen LogP contribution in [-0.2, 0) is 0 Å². The molecule has 0 bridgehead atoms. The van der Waals surface area contributed by atoms with E-state index in [1.807, 2.05) is 13.8 Å². The van der Waals surface area contributed by atoms with Gasteiger partial charge in [-0.15, -0.1) is 8.86 Å². The summed E-state index contributed by atoms with van der Waals surface area (Å²) in [4.78, 5) is 0. The summed E-state index contributed by atoms with van der Waals surface area (Å²) < 4.78 is 9.50. The first kappa shape index (κ1) is 22.6. The molecule has 0 spiro atoms. The smallest absolute Gasteiger partial charge is 0.0785 e. The Morgan fingerprint density at radius 3 is 1.86 bits per heavy atom. The molecule has 0 saturated carbocycles.